The summed E-state index contributed by atoms with van der Waals surface area (Å²) >= 11 is 0. The highest BCUT2D eigenvalue weighted by Crippen LogP contribution is 2.14. The standard InChI is InChI=1S/C12H22O2/c1-6-11(7-2)9-14-8-10(3)12(4,5)13/h6,8,11,13H,1,7,9H2,2-5H3. The fourth-order valence-electron chi connectivity index (χ4n) is 0.793. The van der Waals surface area contributed by atoms with Crippen LogP contribution in [0.3, 0.4) is 0 Å². The molecule has 0 radical (unpaired) electrons. The second-order valence-electron chi connectivity index (χ2n) is 4.10. The van der Waals surface area contributed by atoms with Crippen LogP contribution in [0.4, 0.5) is 0 Å². The van der Waals surface area contributed by atoms with Gasteiger partial charge in [-0.25, -0.2) is 0 Å². The second kappa shape index (κ2) is 5.86. The third-order valence-electron chi connectivity index (χ3n) is 2.39. The van der Waals surface area contributed by atoms with Gasteiger partial charge in [-0.1, -0.05) is 13.0 Å². The zero-order chi connectivity index (χ0) is 11.2. The van der Waals surface area contributed by atoms with Crippen LogP contribution in [0.25, 0.3) is 0 Å². The monoisotopic (exact) mass is 198 g/mol. The molecule has 0 aliphatic rings. The molecule has 2 nitrogen and oxygen atoms in total. The van der Waals surface area contributed by atoms with Crippen LogP contribution in [0.2, 0.25) is 0 Å². The van der Waals surface area contributed by atoms with Crippen molar-refractivity contribution in [1.29, 1.82) is 0 Å². The van der Waals surface area contributed by atoms with Gasteiger partial charge in [0.1, 0.15) is 0 Å². The second-order valence-corrected chi connectivity index (χ2v) is 4.10. The Balaban J connectivity index is 3.99. The first-order valence-electron chi connectivity index (χ1n) is 5.05. The van der Waals surface area contributed by atoms with Crippen molar-refractivity contribution in [3.63, 3.8) is 0 Å². The summed E-state index contributed by atoms with van der Waals surface area (Å²) in [6.45, 7) is 11.8. The first-order valence-corrected chi connectivity index (χ1v) is 5.05. The van der Waals surface area contributed by atoms with Gasteiger partial charge in [-0.15, -0.1) is 6.58 Å². The Morgan fingerprint density at radius 3 is 2.50 bits per heavy atom. The zero-order valence-corrected chi connectivity index (χ0v) is 9.71. The van der Waals surface area contributed by atoms with E-state index in [4.69, 9.17) is 4.74 Å². The first-order chi connectivity index (χ1) is 6.41. The quantitative estimate of drug-likeness (QED) is 0.525. The summed E-state index contributed by atoms with van der Waals surface area (Å²) < 4.78 is 5.37. The number of rotatable bonds is 6. The minimum absolute atomic E-state index is 0.390. The Morgan fingerprint density at radius 1 is 1.57 bits per heavy atom. The van der Waals surface area contributed by atoms with Crippen molar-refractivity contribution in [2.45, 2.75) is 39.7 Å². The molecular formula is C12H22O2. The maximum atomic E-state index is 9.60. The van der Waals surface area contributed by atoms with Crippen LogP contribution in [0.1, 0.15) is 34.1 Å². The Kier molecular flexibility index (Phi) is 5.55. The third-order valence-corrected chi connectivity index (χ3v) is 2.39. The molecule has 0 amide bonds. The Hall–Kier alpha value is -0.760. The Labute approximate surface area is 87.3 Å². The molecule has 0 rings (SSSR count). The Morgan fingerprint density at radius 2 is 2.14 bits per heavy atom. The molecule has 0 aliphatic carbocycles. The average Bonchev–Trinajstić information content (AvgIpc) is 2.10. The molecule has 1 atom stereocenters. The summed E-state index contributed by atoms with van der Waals surface area (Å²) in [5, 5.41) is 9.60. The van der Waals surface area contributed by atoms with E-state index in [-0.39, 0.29) is 0 Å². The minimum atomic E-state index is -0.796. The summed E-state index contributed by atoms with van der Waals surface area (Å²) in [6, 6.07) is 0. The molecule has 0 aromatic rings. The van der Waals surface area contributed by atoms with Crippen molar-refractivity contribution in [3.8, 4) is 0 Å². The molecule has 0 fully saturated rings. The molecule has 14 heavy (non-hydrogen) atoms. The van der Waals surface area contributed by atoms with Crippen LogP contribution in [0.5, 0.6) is 0 Å². The van der Waals surface area contributed by atoms with E-state index in [9.17, 15) is 5.11 Å². The lowest BCUT2D eigenvalue weighted by molar-refractivity contribution is 0.111. The maximum Gasteiger partial charge on any atom is 0.0935 e. The largest absolute Gasteiger partial charge is 0.501 e. The van der Waals surface area contributed by atoms with Crippen LogP contribution in [-0.2, 0) is 4.74 Å². The number of hydrogen-bond donors (Lipinski definition) is 1. The summed E-state index contributed by atoms with van der Waals surface area (Å²) in [5.74, 6) is 0.390. The van der Waals surface area contributed by atoms with Gasteiger partial charge < -0.3 is 9.84 Å². The summed E-state index contributed by atoms with van der Waals surface area (Å²) in [4.78, 5) is 0. The molecule has 0 heterocycles. The Bertz CT molecular complexity index is 199. The van der Waals surface area contributed by atoms with Crippen molar-refractivity contribution in [3.05, 3.63) is 24.5 Å². The van der Waals surface area contributed by atoms with E-state index < -0.39 is 5.60 Å². The van der Waals surface area contributed by atoms with Crippen molar-refractivity contribution < 1.29 is 9.84 Å². The molecule has 2 heteroatoms. The zero-order valence-electron chi connectivity index (χ0n) is 9.71. The van der Waals surface area contributed by atoms with Crippen LogP contribution in [0, 0.1) is 5.92 Å². The normalized spacial score (nSPS) is 15.1. The lowest BCUT2D eigenvalue weighted by Crippen LogP contribution is -2.20. The SMILES string of the molecule is C=CC(CC)COC=C(C)C(C)(C)O. The third kappa shape index (κ3) is 5.07. The van der Waals surface area contributed by atoms with Gasteiger partial charge in [0.05, 0.1) is 18.5 Å². The molecule has 0 aromatic heterocycles. The first kappa shape index (κ1) is 13.2. The number of hydrogen-bond acceptors (Lipinski definition) is 2. The minimum Gasteiger partial charge on any atom is -0.501 e. The van der Waals surface area contributed by atoms with E-state index in [1.54, 1.807) is 20.1 Å². The van der Waals surface area contributed by atoms with Crippen LogP contribution >= 0.6 is 0 Å². The molecule has 0 spiro atoms. The molecule has 0 aromatic carbocycles. The molecule has 82 valence electrons. The fraction of sp³-hybridized carbons (Fsp3) is 0.667. The highest BCUT2D eigenvalue weighted by atomic mass is 16.5. The highest BCUT2D eigenvalue weighted by molar-refractivity contribution is 5.07. The molecule has 0 bridgehead atoms. The lowest BCUT2D eigenvalue weighted by atomic mass is 10.0. The van der Waals surface area contributed by atoms with E-state index in [0.29, 0.717) is 12.5 Å². The number of aliphatic hydroxyl groups is 1. The average molecular weight is 198 g/mol. The van der Waals surface area contributed by atoms with Gasteiger partial charge >= 0.3 is 0 Å². The van der Waals surface area contributed by atoms with Gasteiger partial charge in [0.2, 0.25) is 0 Å². The van der Waals surface area contributed by atoms with Gasteiger partial charge in [-0.05, 0) is 32.8 Å². The number of ether oxygens (including phenoxy) is 1. The van der Waals surface area contributed by atoms with E-state index in [0.717, 1.165) is 12.0 Å². The molecule has 0 saturated heterocycles. The summed E-state index contributed by atoms with van der Waals surface area (Å²) in [6.07, 6.45) is 4.55. The van der Waals surface area contributed by atoms with E-state index >= 15 is 0 Å². The molecule has 0 saturated carbocycles. The smallest absolute Gasteiger partial charge is 0.0935 e. The lowest BCUT2D eigenvalue weighted by Gasteiger charge is -2.18. The predicted molar refractivity (Wildman–Crippen MR) is 60.0 cm³/mol. The van der Waals surface area contributed by atoms with E-state index in [2.05, 4.69) is 13.5 Å². The summed E-state index contributed by atoms with van der Waals surface area (Å²) in [5.41, 5.74) is 0.0343. The van der Waals surface area contributed by atoms with Crippen molar-refractivity contribution >= 4 is 0 Å². The van der Waals surface area contributed by atoms with Crippen molar-refractivity contribution in [1.82, 2.24) is 0 Å². The van der Waals surface area contributed by atoms with Crippen LogP contribution < -0.4 is 0 Å². The van der Waals surface area contributed by atoms with E-state index in [1.165, 1.54) is 0 Å². The van der Waals surface area contributed by atoms with E-state index in [1.807, 2.05) is 13.0 Å². The highest BCUT2D eigenvalue weighted by Gasteiger charge is 2.15. The molecular weight excluding hydrogens is 176 g/mol. The predicted octanol–water partition coefficient (Wildman–Crippen LogP) is 2.89. The molecule has 1 unspecified atom stereocenters. The van der Waals surface area contributed by atoms with Gasteiger partial charge in [-0.3, -0.25) is 0 Å². The van der Waals surface area contributed by atoms with Gasteiger partial charge in [0, 0.05) is 5.92 Å². The van der Waals surface area contributed by atoms with Gasteiger partial charge in [-0.2, -0.15) is 0 Å². The molecule has 1 N–H and O–H groups in total. The van der Waals surface area contributed by atoms with Crippen molar-refractivity contribution in [2.75, 3.05) is 6.61 Å². The van der Waals surface area contributed by atoms with Crippen LogP contribution in [0.15, 0.2) is 24.5 Å². The maximum absolute atomic E-state index is 9.60. The topological polar surface area (TPSA) is 29.5 Å². The molecule has 0 aliphatic heterocycles. The van der Waals surface area contributed by atoms with Gasteiger partial charge in [0.25, 0.3) is 0 Å². The van der Waals surface area contributed by atoms with Gasteiger partial charge in [0.15, 0.2) is 0 Å². The summed E-state index contributed by atoms with van der Waals surface area (Å²) in [7, 11) is 0. The van der Waals surface area contributed by atoms with Crippen molar-refractivity contribution in [2.24, 2.45) is 5.92 Å². The van der Waals surface area contributed by atoms with Crippen LogP contribution in [-0.4, -0.2) is 17.3 Å². The fourth-order valence-corrected chi connectivity index (χ4v) is 0.793.